The third-order valence-electron chi connectivity index (χ3n) is 2.85. The van der Waals surface area contributed by atoms with E-state index in [1.165, 1.54) is 24.3 Å². The Morgan fingerprint density at radius 1 is 0.810 bits per heavy atom. The SMILES string of the molecule is O=C(c1ccccc1)C(OB(O)O)C(=O)c1ccccc1. The maximum absolute atomic E-state index is 12.3. The van der Waals surface area contributed by atoms with Crippen molar-refractivity contribution in [3.8, 4) is 0 Å². The van der Waals surface area contributed by atoms with Gasteiger partial charge in [-0.05, 0) is 0 Å². The summed E-state index contributed by atoms with van der Waals surface area (Å²) >= 11 is 0. The fourth-order valence-electron chi connectivity index (χ4n) is 1.87. The molecule has 2 aromatic carbocycles. The van der Waals surface area contributed by atoms with E-state index in [0.29, 0.717) is 0 Å². The van der Waals surface area contributed by atoms with Crippen LogP contribution in [0.15, 0.2) is 60.7 Å². The Morgan fingerprint density at radius 2 is 1.19 bits per heavy atom. The van der Waals surface area contributed by atoms with Crippen LogP contribution >= 0.6 is 0 Å². The molecule has 0 saturated carbocycles. The summed E-state index contributed by atoms with van der Waals surface area (Å²) in [4.78, 5) is 24.7. The molecule has 21 heavy (non-hydrogen) atoms. The zero-order valence-corrected chi connectivity index (χ0v) is 11.0. The Hall–Kier alpha value is -2.28. The molecule has 0 radical (unpaired) electrons. The van der Waals surface area contributed by atoms with Crippen molar-refractivity contribution in [1.29, 1.82) is 0 Å². The van der Waals surface area contributed by atoms with E-state index in [2.05, 4.69) is 0 Å². The molecule has 0 atom stereocenters. The van der Waals surface area contributed by atoms with Gasteiger partial charge < -0.3 is 14.7 Å². The normalized spacial score (nSPS) is 10.4. The maximum atomic E-state index is 12.3. The number of ketones is 2. The van der Waals surface area contributed by atoms with Crippen LogP contribution in [0.1, 0.15) is 20.7 Å². The smallest absolute Gasteiger partial charge is 0.402 e. The molecule has 6 heteroatoms. The first kappa shape index (κ1) is 15.1. The molecule has 106 valence electrons. The fourth-order valence-corrected chi connectivity index (χ4v) is 1.87. The van der Waals surface area contributed by atoms with Gasteiger partial charge in [-0.25, -0.2) is 0 Å². The van der Waals surface area contributed by atoms with Gasteiger partial charge in [0, 0.05) is 11.1 Å². The molecule has 0 amide bonds. The van der Waals surface area contributed by atoms with Gasteiger partial charge in [0.1, 0.15) is 0 Å². The molecule has 0 aliphatic carbocycles. The molecule has 0 spiro atoms. The lowest BCUT2D eigenvalue weighted by molar-refractivity contribution is 0.0567. The predicted molar refractivity (Wildman–Crippen MR) is 76.6 cm³/mol. The monoisotopic (exact) mass is 284 g/mol. The minimum Gasteiger partial charge on any atom is -0.402 e. The Labute approximate surface area is 122 Å². The molecular formula is C15H13BO5. The van der Waals surface area contributed by atoms with Crippen LogP contribution in [0, 0.1) is 0 Å². The van der Waals surface area contributed by atoms with Crippen LogP contribution in [0.4, 0.5) is 0 Å². The average Bonchev–Trinajstić information content (AvgIpc) is 2.53. The minimum absolute atomic E-state index is 0.257. The van der Waals surface area contributed by atoms with Crippen molar-refractivity contribution in [3.05, 3.63) is 71.8 Å². The number of benzene rings is 2. The molecule has 0 bridgehead atoms. The number of hydrogen-bond acceptors (Lipinski definition) is 5. The number of hydrogen-bond donors (Lipinski definition) is 2. The van der Waals surface area contributed by atoms with Crippen molar-refractivity contribution in [1.82, 2.24) is 0 Å². The van der Waals surface area contributed by atoms with Gasteiger partial charge in [0.2, 0.25) is 0 Å². The lowest BCUT2D eigenvalue weighted by Crippen LogP contribution is -2.38. The molecule has 0 unspecified atom stereocenters. The van der Waals surface area contributed by atoms with Crippen LogP contribution in [0.5, 0.6) is 0 Å². The lowest BCUT2D eigenvalue weighted by Gasteiger charge is -2.15. The number of carbonyl (C=O) groups is 2. The van der Waals surface area contributed by atoms with Gasteiger partial charge in [-0.1, -0.05) is 60.7 Å². The van der Waals surface area contributed by atoms with E-state index < -0.39 is 25.0 Å². The van der Waals surface area contributed by atoms with Crippen LogP contribution in [-0.4, -0.2) is 35.0 Å². The molecule has 0 fully saturated rings. The maximum Gasteiger partial charge on any atom is 0.634 e. The first-order chi connectivity index (χ1) is 10.1. The van der Waals surface area contributed by atoms with Crippen LogP contribution in [0.25, 0.3) is 0 Å². The number of carbonyl (C=O) groups excluding carboxylic acids is 2. The van der Waals surface area contributed by atoms with E-state index in [9.17, 15) is 9.59 Å². The zero-order chi connectivity index (χ0) is 15.2. The zero-order valence-electron chi connectivity index (χ0n) is 11.0. The quantitative estimate of drug-likeness (QED) is 0.471. The Balaban J connectivity index is 2.31. The largest absolute Gasteiger partial charge is 0.634 e. The van der Waals surface area contributed by atoms with Crippen molar-refractivity contribution in [2.45, 2.75) is 6.10 Å². The predicted octanol–water partition coefficient (Wildman–Crippen LogP) is 1.11. The van der Waals surface area contributed by atoms with Gasteiger partial charge in [-0.2, -0.15) is 0 Å². The first-order valence-corrected chi connectivity index (χ1v) is 6.29. The van der Waals surface area contributed by atoms with E-state index in [1.807, 2.05) is 0 Å². The molecule has 2 aromatic rings. The van der Waals surface area contributed by atoms with Crippen molar-refractivity contribution >= 4 is 18.9 Å². The van der Waals surface area contributed by atoms with Crippen LogP contribution in [-0.2, 0) is 4.65 Å². The van der Waals surface area contributed by atoms with Crippen LogP contribution in [0.2, 0.25) is 0 Å². The third-order valence-corrected chi connectivity index (χ3v) is 2.85. The highest BCUT2D eigenvalue weighted by atomic mass is 16.6. The second-order valence-electron chi connectivity index (χ2n) is 4.30. The van der Waals surface area contributed by atoms with Crippen molar-refractivity contribution in [2.75, 3.05) is 0 Å². The molecule has 2 rings (SSSR count). The number of Topliss-reactive ketones (excluding diaryl/α,β-unsaturated/α-hetero) is 2. The van der Waals surface area contributed by atoms with Gasteiger partial charge in [0.15, 0.2) is 17.7 Å². The summed E-state index contributed by atoms with van der Waals surface area (Å²) in [5, 5.41) is 17.9. The van der Waals surface area contributed by atoms with E-state index >= 15 is 0 Å². The highest BCUT2D eigenvalue weighted by Crippen LogP contribution is 2.13. The highest BCUT2D eigenvalue weighted by Gasteiger charge is 2.32. The van der Waals surface area contributed by atoms with E-state index in [4.69, 9.17) is 14.7 Å². The third kappa shape index (κ3) is 3.85. The Bertz CT molecular complexity index is 561. The second-order valence-corrected chi connectivity index (χ2v) is 4.30. The summed E-state index contributed by atoms with van der Waals surface area (Å²) in [5.41, 5.74) is 0.514. The fraction of sp³-hybridized carbons (Fsp3) is 0.0667. The molecular weight excluding hydrogens is 271 g/mol. The van der Waals surface area contributed by atoms with E-state index in [-0.39, 0.29) is 11.1 Å². The Kier molecular flexibility index (Phi) is 5.00. The first-order valence-electron chi connectivity index (χ1n) is 6.29. The van der Waals surface area contributed by atoms with Crippen molar-refractivity contribution in [3.63, 3.8) is 0 Å². The molecule has 0 heterocycles. The minimum atomic E-state index is -2.21. The standard InChI is InChI=1S/C15H13BO5/c17-13(11-7-3-1-4-8-11)15(21-16(19)20)14(18)12-9-5-2-6-10-12/h1-10,15,19-20H. The summed E-state index contributed by atoms with van der Waals surface area (Å²) in [6.45, 7) is 0. The molecule has 0 aromatic heterocycles. The molecule has 0 saturated heterocycles. The van der Waals surface area contributed by atoms with Gasteiger partial charge in [-0.15, -0.1) is 0 Å². The average molecular weight is 284 g/mol. The van der Waals surface area contributed by atoms with Crippen LogP contribution < -0.4 is 0 Å². The van der Waals surface area contributed by atoms with E-state index in [1.54, 1.807) is 36.4 Å². The second kappa shape index (κ2) is 6.94. The van der Waals surface area contributed by atoms with E-state index in [0.717, 1.165) is 0 Å². The lowest BCUT2D eigenvalue weighted by atomic mass is 9.97. The van der Waals surface area contributed by atoms with Gasteiger partial charge in [0.05, 0.1) is 0 Å². The summed E-state index contributed by atoms with van der Waals surface area (Å²) in [6, 6.07) is 16.2. The topological polar surface area (TPSA) is 83.8 Å². The summed E-state index contributed by atoms with van der Waals surface area (Å²) in [5.74, 6) is -1.25. The van der Waals surface area contributed by atoms with Crippen molar-refractivity contribution < 1.29 is 24.3 Å². The summed E-state index contributed by atoms with van der Waals surface area (Å²) < 4.78 is 4.69. The van der Waals surface area contributed by atoms with Crippen LogP contribution in [0.3, 0.4) is 0 Å². The summed E-state index contributed by atoms with van der Waals surface area (Å²) in [6.07, 6.45) is -1.60. The molecule has 0 aliphatic heterocycles. The Morgan fingerprint density at radius 3 is 1.52 bits per heavy atom. The highest BCUT2D eigenvalue weighted by molar-refractivity contribution is 6.35. The molecule has 0 aliphatic rings. The van der Waals surface area contributed by atoms with Gasteiger partial charge in [0.25, 0.3) is 0 Å². The van der Waals surface area contributed by atoms with Gasteiger partial charge >= 0.3 is 7.32 Å². The molecule has 5 nitrogen and oxygen atoms in total. The number of rotatable bonds is 6. The van der Waals surface area contributed by atoms with Gasteiger partial charge in [-0.3, -0.25) is 9.59 Å². The van der Waals surface area contributed by atoms with Crippen molar-refractivity contribution in [2.24, 2.45) is 0 Å². The summed E-state index contributed by atoms with van der Waals surface area (Å²) in [7, 11) is -2.21. The molecule has 2 N–H and O–H groups in total.